The SMILES string of the molecule is CC(C)CNC(=O)CN(C)c1cc(N)nc(N)n1. The van der Waals surface area contributed by atoms with E-state index >= 15 is 0 Å². The fraction of sp³-hybridized carbons (Fsp3) is 0.545. The predicted molar refractivity (Wildman–Crippen MR) is 72.0 cm³/mol. The lowest BCUT2D eigenvalue weighted by Crippen LogP contribution is -2.37. The van der Waals surface area contributed by atoms with Crippen LogP contribution in [0.1, 0.15) is 13.8 Å². The summed E-state index contributed by atoms with van der Waals surface area (Å²) in [4.78, 5) is 21.1. The monoisotopic (exact) mass is 252 g/mol. The second-order valence-corrected chi connectivity index (χ2v) is 4.56. The molecule has 100 valence electrons. The summed E-state index contributed by atoms with van der Waals surface area (Å²) in [7, 11) is 1.75. The van der Waals surface area contributed by atoms with Gasteiger partial charge >= 0.3 is 0 Å². The molecular formula is C11H20N6O. The maximum absolute atomic E-state index is 11.6. The van der Waals surface area contributed by atoms with Crippen LogP contribution in [0.15, 0.2) is 6.07 Å². The van der Waals surface area contributed by atoms with E-state index in [4.69, 9.17) is 11.5 Å². The maximum Gasteiger partial charge on any atom is 0.239 e. The lowest BCUT2D eigenvalue weighted by Gasteiger charge is -2.18. The molecule has 1 aromatic rings. The van der Waals surface area contributed by atoms with E-state index in [0.717, 1.165) is 0 Å². The predicted octanol–water partition coefficient (Wildman–Crippen LogP) is -0.151. The smallest absolute Gasteiger partial charge is 0.239 e. The number of aromatic nitrogens is 2. The van der Waals surface area contributed by atoms with Gasteiger partial charge in [-0.2, -0.15) is 9.97 Å². The van der Waals surface area contributed by atoms with Crippen molar-refractivity contribution in [1.29, 1.82) is 0 Å². The van der Waals surface area contributed by atoms with E-state index in [0.29, 0.717) is 18.3 Å². The third-order valence-corrected chi connectivity index (χ3v) is 2.23. The number of nitrogens with one attached hydrogen (secondary N) is 1. The highest BCUT2D eigenvalue weighted by Gasteiger charge is 2.10. The summed E-state index contributed by atoms with van der Waals surface area (Å²) in [6.45, 7) is 4.93. The Kier molecular flexibility index (Phi) is 4.70. The van der Waals surface area contributed by atoms with Gasteiger partial charge in [0.25, 0.3) is 0 Å². The quantitative estimate of drug-likeness (QED) is 0.672. The molecule has 0 fully saturated rings. The molecule has 0 spiro atoms. The first-order chi connectivity index (χ1) is 8.38. The second kappa shape index (κ2) is 6.04. The zero-order valence-corrected chi connectivity index (χ0v) is 11.0. The first kappa shape index (κ1) is 14.0. The average Bonchev–Trinajstić information content (AvgIpc) is 2.25. The van der Waals surface area contributed by atoms with Crippen molar-refractivity contribution in [2.75, 3.05) is 36.5 Å². The number of hydrogen-bond acceptors (Lipinski definition) is 6. The summed E-state index contributed by atoms with van der Waals surface area (Å²) in [5.41, 5.74) is 11.1. The van der Waals surface area contributed by atoms with Gasteiger partial charge in [-0.05, 0) is 5.92 Å². The van der Waals surface area contributed by atoms with Crippen LogP contribution < -0.4 is 21.7 Å². The molecule has 0 saturated carbocycles. The Morgan fingerprint density at radius 2 is 2.11 bits per heavy atom. The van der Waals surface area contributed by atoms with Crippen LogP contribution in [0.25, 0.3) is 0 Å². The van der Waals surface area contributed by atoms with Crippen molar-refractivity contribution in [2.45, 2.75) is 13.8 Å². The van der Waals surface area contributed by atoms with Crippen LogP contribution in [0.4, 0.5) is 17.6 Å². The molecule has 0 aliphatic heterocycles. The zero-order chi connectivity index (χ0) is 13.7. The van der Waals surface area contributed by atoms with Gasteiger partial charge < -0.3 is 21.7 Å². The van der Waals surface area contributed by atoms with Crippen molar-refractivity contribution in [2.24, 2.45) is 5.92 Å². The summed E-state index contributed by atoms with van der Waals surface area (Å²) >= 11 is 0. The highest BCUT2D eigenvalue weighted by Crippen LogP contribution is 2.12. The van der Waals surface area contributed by atoms with Gasteiger partial charge in [0, 0.05) is 19.7 Å². The number of anilines is 3. The number of likely N-dealkylation sites (N-methyl/N-ethyl adjacent to an activating group) is 1. The molecule has 5 N–H and O–H groups in total. The van der Waals surface area contributed by atoms with Crippen LogP contribution in [-0.2, 0) is 4.79 Å². The first-order valence-electron chi connectivity index (χ1n) is 5.76. The number of carbonyl (C=O) groups is 1. The van der Waals surface area contributed by atoms with Crippen LogP contribution in [0.5, 0.6) is 0 Å². The van der Waals surface area contributed by atoms with E-state index in [1.54, 1.807) is 18.0 Å². The highest BCUT2D eigenvalue weighted by molar-refractivity contribution is 5.81. The van der Waals surface area contributed by atoms with Gasteiger partial charge in [-0.3, -0.25) is 4.79 Å². The van der Waals surface area contributed by atoms with Crippen molar-refractivity contribution in [1.82, 2.24) is 15.3 Å². The van der Waals surface area contributed by atoms with Gasteiger partial charge in [-0.25, -0.2) is 0 Å². The van der Waals surface area contributed by atoms with Crippen molar-refractivity contribution in [3.63, 3.8) is 0 Å². The van der Waals surface area contributed by atoms with Crippen molar-refractivity contribution >= 4 is 23.5 Å². The van der Waals surface area contributed by atoms with Crippen molar-refractivity contribution in [3.05, 3.63) is 6.07 Å². The maximum atomic E-state index is 11.6. The van der Waals surface area contributed by atoms with E-state index in [9.17, 15) is 4.79 Å². The standard InChI is InChI=1S/C11H20N6O/c1-7(2)5-14-10(18)6-17(3)9-4-8(12)15-11(13)16-9/h4,7H,5-6H2,1-3H3,(H,14,18)(H4,12,13,15,16). The number of carbonyl (C=O) groups excluding carboxylic acids is 1. The molecule has 18 heavy (non-hydrogen) atoms. The Hall–Kier alpha value is -2.05. The largest absolute Gasteiger partial charge is 0.383 e. The fourth-order valence-electron chi connectivity index (χ4n) is 1.34. The average molecular weight is 252 g/mol. The third-order valence-electron chi connectivity index (χ3n) is 2.23. The van der Waals surface area contributed by atoms with Crippen molar-refractivity contribution < 1.29 is 4.79 Å². The van der Waals surface area contributed by atoms with Gasteiger partial charge in [0.1, 0.15) is 11.6 Å². The fourth-order valence-corrected chi connectivity index (χ4v) is 1.34. The molecule has 0 aliphatic rings. The second-order valence-electron chi connectivity index (χ2n) is 4.56. The summed E-state index contributed by atoms with van der Waals surface area (Å²) in [6.07, 6.45) is 0. The molecule has 0 unspecified atom stereocenters. The Bertz CT molecular complexity index is 400. The zero-order valence-electron chi connectivity index (χ0n) is 11.0. The topological polar surface area (TPSA) is 110 Å². The van der Waals surface area contributed by atoms with Gasteiger partial charge in [-0.15, -0.1) is 0 Å². The van der Waals surface area contributed by atoms with Crippen LogP contribution >= 0.6 is 0 Å². The third kappa shape index (κ3) is 4.44. The Balaban J connectivity index is 2.59. The minimum Gasteiger partial charge on any atom is -0.383 e. The minimum atomic E-state index is -0.0676. The van der Waals surface area contributed by atoms with Crippen LogP contribution in [0, 0.1) is 5.92 Å². The molecule has 1 aromatic heterocycles. The molecule has 0 radical (unpaired) electrons. The van der Waals surface area contributed by atoms with Gasteiger partial charge in [0.2, 0.25) is 11.9 Å². The Morgan fingerprint density at radius 1 is 1.44 bits per heavy atom. The van der Waals surface area contributed by atoms with E-state index in [1.165, 1.54) is 0 Å². The lowest BCUT2D eigenvalue weighted by atomic mass is 10.2. The Labute approximate surface area is 107 Å². The molecule has 0 aromatic carbocycles. The molecular weight excluding hydrogens is 232 g/mol. The molecule has 7 nitrogen and oxygen atoms in total. The molecule has 1 heterocycles. The summed E-state index contributed by atoms with van der Waals surface area (Å²) in [5, 5.41) is 2.83. The highest BCUT2D eigenvalue weighted by atomic mass is 16.2. The minimum absolute atomic E-state index is 0.0676. The lowest BCUT2D eigenvalue weighted by molar-refractivity contribution is -0.119. The number of hydrogen-bond donors (Lipinski definition) is 3. The van der Waals surface area contributed by atoms with Crippen LogP contribution in [0.3, 0.4) is 0 Å². The molecule has 0 atom stereocenters. The number of rotatable bonds is 5. The van der Waals surface area contributed by atoms with Gasteiger partial charge in [-0.1, -0.05) is 13.8 Å². The number of nitrogens with two attached hydrogens (primary N) is 2. The van der Waals surface area contributed by atoms with Gasteiger partial charge in [0.15, 0.2) is 0 Å². The van der Waals surface area contributed by atoms with Crippen LogP contribution in [0.2, 0.25) is 0 Å². The first-order valence-corrected chi connectivity index (χ1v) is 5.76. The van der Waals surface area contributed by atoms with E-state index in [-0.39, 0.29) is 24.2 Å². The normalized spacial score (nSPS) is 10.4. The molecule has 0 aliphatic carbocycles. The molecule has 7 heteroatoms. The van der Waals surface area contributed by atoms with E-state index in [2.05, 4.69) is 15.3 Å². The number of nitrogens with zero attached hydrogens (tertiary/aromatic N) is 3. The number of nitrogen functional groups attached to an aromatic ring is 2. The van der Waals surface area contributed by atoms with Crippen molar-refractivity contribution in [3.8, 4) is 0 Å². The van der Waals surface area contributed by atoms with Gasteiger partial charge in [0.05, 0.1) is 6.54 Å². The summed E-state index contributed by atoms with van der Waals surface area (Å²) < 4.78 is 0. The van der Waals surface area contributed by atoms with E-state index in [1.807, 2.05) is 13.8 Å². The molecule has 1 rings (SSSR count). The summed E-state index contributed by atoms with van der Waals surface area (Å²) in [6, 6.07) is 1.58. The molecule has 0 bridgehead atoms. The summed E-state index contributed by atoms with van der Waals surface area (Å²) in [5.74, 6) is 1.26. The Morgan fingerprint density at radius 3 is 2.67 bits per heavy atom. The number of amides is 1. The molecule has 1 amide bonds. The van der Waals surface area contributed by atoms with Crippen LogP contribution in [-0.4, -0.2) is 36.0 Å². The molecule has 0 saturated heterocycles. The van der Waals surface area contributed by atoms with E-state index < -0.39 is 0 Å².